The van der Waals surface area contributed by atoms with Gasteiger partial charge in [0.15, 0.2) is 0 Å². The Morgan fingerprint density at radius 1 is 1.29 bits per heavy atom. The van der Waals surface area contributed by atoms with E-state index < -0.39 is 0 Å². The van der Waals surface area contributed by atoms with Crippen molar-refractivity contribution in [1.82, 2.24) is 0 Å². The average Bonchev–Trinajstić information content (AvgIpc) is 2.83. The minimum absolute atomic E-state index is 0.00921. The Balaban J connectivity index is 2.01. The first-order chi connectivity index (χ1) is 8.16. The fourth-order valence-corrected chi connectivity index (χ4v) is 2.41. The second-order valence-corrected chi connectivity index (χ2v) is 4.96. The molecule has 4 heteroatoms. The molecule has 0 saturated heterocycles. The molecule has 2 rings (SSSR count). The Morgan fingerprint density at radius 2 is 2.00 bits per heavy atom. The van der Waals surface area contributed by atoms with Crippen molar-refractivity contribution in [3.05, 3.63) is 52.5 Å². The van der Waals surface area contributed by atoms with Crippen molar-refractivity contribution in [2.45, 2.75) is 6.04 Å². The van der Waals surface area contributed by atoms with E-state index in [1.54, 1.807) is 23.5 Å². The van der Waals surface area contributed by atoms with Crippen LogP contribution in [0, 0.1) is 5.82 Å². The molecule has 1 aromatic carbocycles. The molecule has 1 aromatic heterocycles. The van der Waals surface area contributed by atoms with Crippen molar-refractivity contribution < 1.29 is 4.39 Å². The molecular formula is C13H15FN2S. The van der Waals surface area contributed by atoms with E-state index in [2.05, 4.69) is 0 Å². The van der Waals surface area contributed by atoms with Crippen molar-refractivity contribution in [2.24, 2.45) is 5.73 Å². The van der Waals surface area contributed by atoms with E-state index in [-0.39, 0.29) is 11.9 Å². The molecule has 1 heterocycles. The van der Waals surface area contributed by atoms with Crippen LogP contribution in [-0.2, 0) is 0 Å². The molecule has 2 N–H and O–H groups in total. The number of hydrogen-bond donors (Lipinski definition) is 1. The van der Waals surface area contributed by atoms with Gasteiger partial charge in [-0.25, -0.2) is 4.39 Å². The summed E-state index contributed by atoms with van der Waals surface area (Å²) in [5.74, 6) is -0.218. The molecule has 90 valence electrons. The van der Waals surface area contributed by atoms with Crippen LogP contribution in [0.15, 0.2) is 41.8 Å². The summed E-state index contributed by atoms with van der Waals surface area (Å²) in [4.78, 5) is 3.20. The lowest BCUT2D eigenvalue weighted by molar-refractivity contribution is 0.627. The number of likely N-dealkylation sites (N-methyl/N-ethyl adjacent to an activating group) is 1. The van der Waals surface area contributed by atoms with Gasteiger partial charge in [-0.15, -0.1) is 11.3 Å². The van der Waals surface area contributed by atoms with Gasteiger partial charge in [-0.3, -0.25) is 0 Å². The van der Waals surface area contributed by atoms with E-state index in [1.165, 1.54) is 17.0 Å². The zero-order valence-electron chi connectivity index (χ0n) is 9.64. The van der Waals surface area contributed by atoms with E-state index in [9.17, 15) is 4.39 Å². The zero-order valence-corrected chi connectivity index (χ0v) is 10.5. The minimum atomic E-state index is -0.218. The zero-order chi connectivity index (χ0) is 12.3. The largest absolute Gasteiger partial charge is 0.373 e. The SMILES string of the molecule is CN(CC(N)c1cccs1)c1ccc(F)cc1. The maximum absolute atomic E-state index is 12.8. The number of nitrogens with zero attached hydrogens (tertiary/aromatic N) is 1. The molecule has 0 aliphatic heterocycles. The normalized spacial score (nSPS) is 12.4. The van der Waals surface area contributed by atoms with Crippen LogP contribution >= 0.6 is 11.3 Å². The summed E-state index contributed by atoms with van der Waals surface area (Å²) in [5, 5.41) is 2.02. The van der Waals surface area contributed by atoms with Gasteiger partial charge in [0.25, 0.3) is 0 Å². The average molecular weight is 250 g/mol. The Morgan fingerprint density at radius 3 is 2.59 bits per heavy atom. The van der Waals surface area contributed by atoms with E-state index in [4.69, 9.17) is 5.73 Å². The predicted molar refractivity (Wildman–Crippen MR) is 70.9 cm³/mol. The third-order valence-corrected chi connectivity index (χ3v) is 3.65. The Hall–Kier alpha value is -1.39. The van der Waals surface area contributed by atoms with Gasteiger partial charge in [0.2, 0.25) is 0 Å². The molecule has 0 spiro atoms. The highest BCUT2D eigenvalue weighted by Crippen LogP contribution is 2.20. The van der Waals surface area contributed by atoms with Gasteiger partial charge >= 0.3 is 0 Å². The van der Waals surface area contributed by atoms with Crippen LogP contribution in [-0.4, -0.2) is 13.6 Å². The molecule has 0 aliphatic rings. The molecule has 0 fully saturated rings. The maximum atomic E-state index is 12.8. The van der Waals surface area contributed by atoms with E-state index in [0.717, 1.165) is 5.69 Å². The summed E-state index contributed by atoms with van der Waals surface area (Å²) in [6.07, 6.45) is 0. The molecule has 17 heavy (non-hydrogen) atoms. The summed E-state index contributed by atoms with van der Waals surface area (Å²) < 4.78 is 12.8. The molecule has 2 aromatic rings. The van der Waals surface area contributed by atoms with Crippen LogP contribution < -0.4 is 10.6 Å². The van der Waals surface area contributed by atoms with Gasteiger partial charge in [0.05, 0.1) is 6.04 Å². The van der Waals surface area contributed by atoms with Crippen molar-refractivity contribution in [3.8, 4) is 0 Å². The molecule has 0 amide bonds. The molecule has 1 unspecified atom stereocenters. The molecular weight excluding hydrogens is 235 g/mol. The lowest BCUT2D eigenvalue weighted by Crippen LogP contribution is -2.28. The third-order valence-electron chi connectivity index (χ3n) is 2.65. The first kappa shape index (κ1) is 12.1. The lowest BCUT2D eigenvalue weighted by atomic mass is 10.2. The first-order valence-corrected chi connectivity index (χ1v) is 6.30. The number of benzene rings is 1. The lowest BCUT2D eigenvalue weighted by Gasteiger charge is -2.22. The molecule has 0 saturated carbocycles. The van der Waals surface area contributed by atoms with Gasteiger partial charge in [-0.2, -0.15) is 0 Å². The number of rotatable bonds is 4. The first-order valence-electron chi connectivity index (χ1n) is 5.42. The topological polar surface area (TPSA) is 29.3 Å². The number of anilines is 1. The fraction of sp³-hybridized carbons (Fsp3) is 0.231. The monoisotopic (exact) mass is 250 g/mol. The fourth-order valence-electron chi connectivity index (χ4n) is 1.69. The predicted octanol–water partition coefficient (Wildman–Crippen LogP) is 3.02. The summed E-state index contributed by atoms with van der Waals surface area (Å²) in [5.41, 5.74) is 7.07. The van der Waals surface area contributed by atoms with Crippen LogP contribution in [0.1, 0.15) is 10.9 Å². The molecule has 0 aliphatic carbocycles. The Labute approximate surface area is 104 Å². The van der Waals surface area contributed by atoms with Crippen molar-refractivity contribution >= 4 is 17.0 Å². The molecule has 2 nitrogen and oxygen atoms in total. The number of nitrogens with two attached hydrogens (primary N) is 1. The van der Waals surface area contributed by atoms with Gasteiger partial charge in [-0.1, -0.05) is 6.07 Å². The van der Waals surface area contributed by atoms with E-state index in [0.29, 0.717) is 6.54 Å². The smallest absolute Gasteiger partial charge is 0.123 e. The Kier molecular flexibility index (Phi) is 3.76. The molecule has 0 radical (unpaired) electrons. The summed E-state index contributed by atoms with van der Waals surface area (Å²) in [7, 11) is 1.96. The highest BCUT2D eigenvalue weighted by Gasteiger charge is 2.10. The van der Waals surface area contributed by atoms with Crippen LogP contribution in [0.3, 0.4) is 0 Å². The van der Waals surface area contributed by atoms with Crippen LogP contribution in [0.2, 0.25) is 0 Å². The van der Waals surface area contributed by atoms with Gasteiger partial charge in [0, 0.05) is 24.2 Å². The highest BCUT2D eigenvalue weighted by molar-refractivity contribution is 7.10. The number of halogens is 1. The number of hydrogen-bond acceptors (Lipinski definition) is 3. The van der Waals surface area contributed by atoms with Crippen molar-refractivity contribution in [1.29, 1.82) is 0 Å². The second-order valence-electron chi connectivity index (χ2n) is 3.98. The summed E-state index contributed by atoms with van der Waals surface area (Å²) >= 11 is 1.66. The third kappa shape index (κ3) is 3.05. The van der Waals surface area contributed by atoms with Crippen LogP contribution in [0.25, 0.3) is 0 Å². The van der Waals surface area contributed by atoms with Crippen LogP contribution in [0.5, 0.6) is 0 Å². The minimum Gasteiger partial charge on any atom is -0.373 e. The Bertz CT molecular complexity index is 453. The summed E-state index contributed by atoms with van der Waals surface area (Å²) in [6.45, 7) is 0.714. The van der Waals surface area contributed by atoms with E-state index >= 15 is 0 Å². The number of thiophene rings is 1. The van der Waals surface area contributed by atoms with Crippen molar-refractivity contribution in [2.75, 3.05) is 18.5 Å². The maximum Gasteiger partial charge on any atom is 0.123 e. The van der Waals surface area contributed by atoms with Gasteiger partial charge in [0.1, 0.15) is 5.82 Å². The summed E-state index contributed by atoms with van der Waals surface area (Å²) in [6, 6.07) is 10.5. The standard InChI is InChI=1S/C13H15FN2S/c1-16(11-6-4-10(14)5-7-11)9-12(15)13-3-2-8-17-13/h2-8,12H,9,15H2,1H3. The second kappa shape index (κ2) is 5.29. The quantitative estimate of drug-likeness (QED) is 0.903. The van der Waals surface area contributed by atoms with Crippen LogP contribution in [0.4, 0.5) is 10.1 Å². The van der Waals surface area contributed by atoms with E-state index in [1.807, 2.05) is 29.5 Å². The highest BCUT2D eigenvalue weighted by atomic mass is 32.1. The molecule has 0 bridgehead atoms. The molecule has 1 atom stereocenters. The van der Waals surface area contributed by atoms with Gasteiger partial charge < -0.3 is 10.6 Å². The van der Waals surface area contributed by atoms with Gasteiger partial charge in [-0.05, 0) is 35.7 Å². The van der Waals surface area contributed by atoms with Crippen molar-refractivity contribution in [3.63, 3.8) is 0 Å².